The van der Waals surface area contributed by atoms with Crippen molar-refractivity contribution in [3.05, 3.63) is 68.1 Å². The molecule has 2 aromatic rings. The molecule has 0 aliphatic carbocycles. The van der Waals surface area contributed by atoms with Crippen LogP contribution in [0.1, 0.15) is 22.8 Å². The molecule has 0 unspecified atom stereocenters. The topological polar surface area (TPSA) is 121 Å². The zero-order chi connectivity index (χ0) is 19.3. The number of anilines is 1. The third-order valence-electron chi connectivity index (χ3n) is 3.51. The van der Waals surface area contributed by atoms with Gasteiger partial charge in [-0.05, 0) is 26.0 Å². The average molecular weight is 359 g/mol. The summed E-state index contributed by atoms with van der Waals surface area (Å²) in [7, 11) is 0. The maximum atomic E-state index is 12.2. The molecule has 136 valence electrons. The van der Waals surface area contributed by atoms with E-state index in [9.17, 15) is 24.5 Å². The van der Waals surface area contributed by atoms with Crippen molar-refractivity contribution >= 4 is 23.3 Å². The summed E-state index contributed by atoms with van der Waals surface area (Å²) in [5.74, 6) is -1.20. The molecule has 26 heavy (non-hydrogen) atoms. The third kappa shape index (κ3) is 4.32. The van der Waals surface area contributed by atoms with Crippen molar-refractivity contribution in [2.75, 3.05) is 11.9 Å². The van der Waals surface area contributed by atoms with Gasteiger partial charge in [-0.1, -0.05) is 12.1 Å². The van der Waals surface area contributed by atoms with Crippen molar-refractivity contribution in [1.29, 1.82) is 0 Å². The standard InChI is InChI=1S/C17H17N3O6/c1-3-26-17(23)12-6-4-5-7-13(12)18-15(21)10-19-9-14(20(24)25)11(2)8-16(19)22/h4-9H,3,10H2,1-2H3,(H,18,21). The molecule has 0 saturated heterocycles. The molecule has 0 saturated carbocycles. The fraction of sp³-hybridized carbons (Fsp3) is 0.235. The molecule has 0 bridgehead atoms. The van der Waals surface area contributed by atoms with Crippen molar-refractivity contribution in [3.8, 4) is 0 Å². The molecule has 9 nitrogen and oxygen atoms in total. The number of nitrogens with zero attached hydrogens (tertiary/aromatic N) is 2. The van der Waals surface area contributed by atoms with Gasteiger partial charge in [-0.25, -0.2) is 4.79 Å². The molecule has 0 atom stereocenters. The number of rotatable bonds is 6. The smallest absolute Gasteiger partial charge is 0.340 e. The average Bonchev–Trinajstić information content (AvgIpc) is 2.57. The van der Waals surface area contributed by atoms with Gasteiger partial charge in [-0.15, -0.1) is 0 Å². The summed E-state index contributed by atoms with van der Waals surface area (Å²) in [6, 6.07) is 7.36. The van der Waals surface area contributed by atoms with Crippen LogP contribution < -0.4 is 10.9 Å². The number of aryl methyl sites for hydroxylation is 1. The predicted octanol–water partition coefficient (Wildman–Crippen LogP) is 1.88. The molecule has 1 heterocycles. The van der Waals surface area contributed by atoms with Crippen LogP contribution >= 0.6 is 0 Å². The number of carbonyl (C=O) groups is 2. The van der Waals surface area contributed by atoms with Gasteiger partial charge in [0.15, 0.2) is 0 Å². The van der Waals surface area contributed by atoms with Crippen molar-refractivity contribution in [1.82, 2.24) is 4.57 Å². The lowest BCUT2D eigenvalue weighted by Gasteiger charge is -2.11. The number of ether oxygens (including phenoxy) is 1. The van der Waals surface area contributed by atoms with E-state index in [0.29, 0.717) is 0 Å². The summed E-state index contributed by atoms with van der Waals surface area (Å²) < 4.78 is 5.86. The van der Waals surface area contributed by atoms with E-state index in [2.05, 4.69) is 5.32 Å². The fourth-order valence-electron chi connectivity index (χ4n) is 2.29. The van der Waals surface area contributed by atoms with Gasteiger partial charge < -0.3 is 10.1 Å². The van der Waals surface area contributed by atoms with Crippen LogP contribution in [0.4, 0.5) is 11.4 Å². The van der Waals surface area contributed by atoms with Crippen LogP contribution in [0.3, 0.4) is 0 Å². The molecule has 0 aliphatic rings. The van der Waals surface area contributed by atoms with Crippen molar-refractivity contribution in [2.24, 2.45) is 0 Å². The predicted molar refractivity (Wildman–Crippen MR) is 93.1 cm³/mol. The molecule has 0 aliphatic heterocycles. The molecule has 1 amide bonds. The van der Waals surface area contributed by atoms with Crippen LogP contribution in [0, 0.1) is 17.0 Å². The first-order valence-electron chi connectivity index (χ1n) is 7.75. The third-order valence-corrected chi connectivity index (χ3v) is 3.51. The van der Waals surface area contributed by atoms with Gasteiger partial charge in [0.05, 0.1) is 29.0 Å². The van der Waals surface area contributed by atoms with Gasteiger partial charge in [0.25, 0.3) is 11.2 Å². The summed E-state index contributed by atoms with van der Waals surface area (Å²) in [5, 5.41) is 13.5. The minimum Gasteiger partial charge on any atom is -0.462 e. The summed E-state index contributed by atoms with van der Waals surface area (Å²) in [5.41, 5.74) is -0.189. The highest BCUT2D eigenvalue weighted by Crippen LogP contribution is 2.17. The number of amides is 1. The SMILES string of the molecule is CCOC(=O)c1ccccc1NC(=O)Cn1cc([N+](=O)[O-])c(C)cc1=O. The van der Waals surface area contributed by atoms with Crippen LogP contribution in [0.25, 0.3) is 0 Å². The van der Waals surface area contributed by atoms with E-state index < -0.39 is 28.9 Å². The largest absolute Gasteiger partial charge is 0.462 e. The maximum Gasteiger partial charge on any atom is 0.340 e. The Labute approximate surface area is 148 Å². The molecule has 0 fully saturated rings. The summed E-state index contributed by atoms with van der Waals surface area (Å²) in [4.78, 5) is 46.5. The van der Waals surface area contributed by atoms with Gasteiger partial charge in [0.2, 0.25) is 5.91 Å². The number of carbonyl (C=O) groups excluding carboxylic acids is 2. The second-order valence-corrected chi connectivity index (χ2v) is 5.38. The highest BCUT2D eigenvalue weighted by atomic mass is 16.6. The van der Waals surface area contributed by atoms with Crippen LogP contribution in [-0.2, 0) is 16.1 Å². The number of aromatic nitrogens is 1. The number of nitrogens with one attached hydrogen (secondary N) is 1. The lowest BCUT2D eigenvalue weighted by Crippen LogP contribution is -2.28. The van der Waals surface area contributed by atoms with E-state index in [-0.39, 0.29) is 29.1 Å². The van der Waals surface area contributed by atoms with E-state index in [1.807, 2.05) is 0 Å². The molecule has 2 rings (SSSR count). The lowest BCUT2D eigenvalue weighted by molar-refractivity contribution is -0.385. The summed E-state index contributed by atoms with van der Waals surface area (Å²) >= 11 is 0. The maximum absolute atomic E-state index is 12.2. The Hall–Kier alpha value is -3.49. The van der Waals surface area contributed by atoms with Crippen LogP contribution in [0.15, 0.2) is 41.3 Å². The molecule has 0 radical (unpaired) electrons. The van der Waals surface area contributed by atoms with Crippen LogP contribution in [0.2, 0.25) is 0 Å². The number of hydrogen-bond acceptors (Lipinski definition) is 6. The quantitative estimate of drug-likeness (QED) is 0.477. The Morgan fingerprint density at radius 2 is 2.00 bits per heavy atom. The van der Waals surface area contributed by atoms with E-state index in [1.165, 1.54) is 19.1 Å². The number of para-hydroxylation sites is 1. The van der Waals surface area contributed by atoms with Gasteiger partial charge in [-0.3, -0.25) is 24.3 Å². The Morgan fingerprint density at radius 3 is 2.65 bits per heavy atom. The monoisotopic (exact) mass is 359 g/mol. The first-order chi connectivity index (χ1) is 12.3. The first kappa shape index (κ1) is 18.8. The van der Waals surface area contributed by atoms with Crippen molar-refractivity contribution in [3.63, 3.8) is 0 Å². The van der Waals surface area contributed by atoms with Crippen molar-refractivity contribution in [2.45, 2.75) is 20.4 Å². The zero-order valence-corrected chi connectivity index (χ0v) is 14.2. The summed E-state index contributed by atoms with van der Waals surface area (Å²) in [6.45, 7) is 2.86. The van der Waals surface area contributed by atoms with E-state index in [1.54, 1.807) is 19.1 Å². The highest BCUT2D eigenvalue weighted by Gasteiger charge is 2.17. The second-order valence-electron chi connectivity index (χ2n) is 5.38. The van der Waals surface area contributed by atoms with Gasteiger partial charge in [0.1, 0.15) is 6.54 Å². The van der Waals surface area contributed by atoms with E-state index in [4.69, 9.17) is 4.74 Å². The molecule has 0 spiro atoms. The number of nitro groups is 1. The Kier molecular flexibility index (Phi) is 5.84. The minimum absolute atomic E-state index is 0.171. The van der Waals surface area contributed by atoms with E-state index in [0.717, 1.165) is 16.8 Å². The molecule has 1 N–H and O–H groups in total. The summed E-state index contributed by atoms with van der Waals surface area (Å²) in [6.07, 6.45) is 1.02. The highest BCUT2D eigenvalue weighted by molar-refractivity contribution is 6.01. The molecular formula is C17H17N3O6. The first-order valence-corrected chi connectivity index (χ1v) is 7.75. The van der Waals surface area contributed by atoms with E-state index >= 15 is 0 Å². The number of esters is 1. The Morgan fingerprint density at radius 1 is 1.31 bits per heavy atom. The lowest BCUT2D eigenvalue weighted by atomic mass is 10.2. The van der Waals surface area contributed by atoms with Gasteiger partial charge in [0, 0.05) is 11.6 Å². The second kappa shape index (κ2) is 8.06. The zero-order valence-electron chi connectivity index (χ0n) is 14.2. The normalized spacial score (nSPS) is 10.2. The van der Waals surface area contributed by atoms with Gasteiger partial charge in [-0.2, -0.15) is 0 Å². The van der Waals surface area contributed by atoms with Crippen LogP contribution in [0.5, 0.6) is 0 Å². The minimum atomic E-state index is -0.626. The van der Waals surface area contributed by atoms with Crippen LogP contribution in [-0.4, -0.2) is 28.0 Å². The Balaban J connectivity index is 2.23. The number of benzene rings is 1. The molecule has 9 heteroatoms. The molecule has 1 aromatic heterocycles. The van der Waals surface area contributed by atoms with Gasteiger partial charge >= 0.3 is 5.97 Å². The molecule has 1 aromatic carbocycles. The number of pyridine rings is 1. The van der Waals surface area contributed by atoms with Crippen molar-refractivity contribution < 1.29 is 19.2 Å². The fourth-order valence-corrected chi connectivity index (χ4v) is 2.29. The molecular weight excluding hydrogens is 342 g/mol. The number of hydrogen-bond donors (Lipinski definition) is 1. The Bertz CT molecular complexity index is 919.